The Kier molecular flexibility index (Phi) is 4.11. The summed E-state index contributed by atoms with van der Waals surface area (Å²) in [4.78, 5) is 0. The van der Waals surface area contributed by atoms with Gasteiger partial charge in [-0.1, -0.05) is 0 Å². The van der Waals surface area contributed by atoms with Gasteiger partial charge < -0.3 is 0 Å². The quantitative estimate of drug-likeness (QED) is 0.594. The molecule has 0 nitrogen and oxygen atoms in total. The van der Waals surface area contributed by atoms with Gasteiger partial charge in [-0.25, -0.2) is 0 Å². The molecule has 0 heterocycles. The molecule has 1 rings (SSSR count). The summed E-state index contributed by atoms with van der Waals surface area (Å²) in [5, 5.41) is 1.80. The van der Waals surface area contributed by atoms with E-state index < -0.39 is 4.71 Å². The average Bonchev–Trinajstić information content (AvgIpc) is 2.16. The van der Waals surface area contributed by atoms with Crippen molar-refractivity contribution in [1.82, 2.24) is 0 Å². The number of rotatable bonds is 2. The number of hydrogen-bond acceptors (Lipinski definition) is 1. The monoisotopic (exact) mass is 292 g/mol. The van der Waals surface area contributed by atoms with Gasteiger partial charge in [-0.05, 0) is 0 Å². The van der Waals surface area contributed by atoms with Crippen molar-refractivity contribution >= 4 is 36.5 Å². The summed E-state index contributed by atoms with van der Waals surface area (Å²) < 4.78 is -1.19. The first kappa shape index (κ1) is 12.6. The van der Waals surface area contributed by atoms with E-state index in [4.69, 9.17) is 0 Å². The first-order valence-corrected chi connectivity index (χ1v) is 10.5. The zero-order chi connectivity index (χ0) is 10.8. The van der Waals surface area contributed by atoms with Crippen molar-refractivity contribution in [2.45, 2.75) is 25.9 Å². The van der Waals surface area contributed by atoms with E-state index in [1.54, 1.807) is 0 Å². The Morgan fingerprint density at radius 1 is 1.14 bits per heavy atom. The normalized spacial score (nSPS) is 16.3. The van der Waals surface area contributed by atoms with Gasteiger partial charge >= 0.3 is 99.0 Å². The van der Waals surface area contributed by atoms with Crippen LogP contribution in [-0.4, -0.2) is 26.5 Å². The zero-order valence-electron chi connectivity index (χ0n) is 9.15. The molecule has 14 heavy (non-hydrogen) atoms. The summed E-state index contributed by atoms with van der Waals surface area (Å²) in [5.41, 5.74) is 0. The zero-order valence-corrected chi connectivity index (χ0v) is 12.6. The third kappa shape index (κ3) is 2.36. The van der Waals surface area contributed by atoms with Crippen LogP contribution in [0.2, 0.25) is 0 Å². The second-order valence-electron chi connectivity index (χ2n) is 4.24. The van der Waals surface area contributed by atoms with Crippen molar-refractivity contribution in [3.63, 3.8) is 0 Å². The number of hydrogen-bond donors (Lipinski definition) is 0. The second kappa shape index (κ2) is 4.58. The molecule has 0 aliphatic rings. The molecular weight excluding hydrogens is 274 g/mol. The third-order valence-electron chi connectivity index (χ3n) is 2.24. The van der Waals surface area contributed by atoms with Gasteiger partial charge in [0.15, 0.2) is 0 Å². The molecule has 1 aromatic rings. The molecule has 0 N–H and O–H groups in total. The molecule has 0 aromatic heterocycles. The molecule has 0 aliphatic carbocycles. The minimum absolute atomic E-state index is 0.327. The Hall–Kier alpha value is 0.519. The van der Waals surface area contributed by atoms with Crippen molar-refractivity contribution in [2.24, 2.45) is 0 Å². The van der Waals surface area contributed by atoms with Crippen molar-refractivity contribution in [3.05, 3.63) is 30.3 Å². The van der Waals surface area contributed by atoms with E-state index in [2.05, 4.69) is 72.5 Å². The first-order valence-electron chi connectivity index (χ1n) is 4.63. The molecule has 0 fully saturated rings. The van der Waals surface area contributed by atoms with Gasteiger partial charge in [0, 0.05) is 0 Å². The summed E-state index contributed by atoms with van der Waals surface area (Å²) in [5.74, 6) is 0. The molecule has 78 valence electrons. The van der Waals surface area contributed by atoms with Crippen LogP contribution >= 0.6 is 16.1 Å². The van der Waals surface area contributed by atoms with Gasteiger partial charge in [-0.15, -0.1) is 0 Å². The molecule has 0 saturated carbocycles. The van der Waals surface area contributed by atoms with E-state index >= 15 is 0 Å². The van der Waals surface area contributed by atoms with Crippen LogP contribution in [0.3, 0.4) is 0 Å². The van der Waals surface area contributed by atoms with Crippen LogP contribution < -0.4 is 5.30 Å². The Balaban J connectivity index is 3.23. The summed E-state index contributed by atoms with van der Waals surface area (Å²) >= 11 is 5.46. The predicted octanol–water partition coefficient (Wildman–Crippen LogP) is 3.49. The van der Waals surface area contributed by atoms with Crippen LogP contribution in [0.25, 0.3) is 0 Å². The SMILES string of the molecule is CSP(=[Se])(c1ccccc1)C(C)(C)C. The first-order chi connectivity index (χ1) is 6.42. The molecule has 0 bridgehead atoms. The molecule has 0 spiro atoms. The third-order valence-corrected chi connectivity index (χ3v) is 16.9. The van der Waals surface area contributed by atoms with Crippen molar-refractivity contribution in [3.8, 4) is 0 Å². The van der Waals surface area contributed by atoms with Crippen molar-refractivity contribution < 1.29 is 0 Å². The van der Waals surface area contributed by atoms with E-state index in [1.165, 1.54) is 5.30 Å². The van der Waals surface area contributed by atoms with Crippen LogP contribution in [0.5, 0.6) is 0 Å². The van der Waals surface area contributed by atoms with E-state index in [0.29, 0.717) is 5.16 Å². The van der Waals surface area contributed by atoms with Gasteiger partial charge in [-0.2, -0.15) is 0 Å². The fourth-order valence-electron chi connectivity index (χ4n) is 1.39. The van der Waals surface area contributed by atoms with Crippen molar-refractivity contribution in [1.29, 1.82) is 0 Å². The van der Waals surface area contributed by atoms with E-state index in [1.807, 2.05) is 11.4 Å². The van der Waals surface area contributed by atoms with Crippen LogP contribution in [0.4, 0.5) is 0 Å². The van der Waals surface area contributed by atoms with Gasteiger partial charge in [0.1, 0.15) is 0 Å². The topological polar surface area (TPSA) is 0 Å². The molecule has 1 atom stereocenters. The van der Waals surface area contributed by atoms with Crippen LogP contribution in [0.1, 0.15) is 20.8 Å². The average molecular weight is 291 g/mol. The minimum atomic E-state index is -1.19. The van der Waals surface area contributed by atoms with Gasteiger partial charge in [-0.3, -0.25) is 0 Å². The Bertz CT molecular complexity index is 340. The predicted molar refractivity (Wildman–Crippen MR) is 72.0 cm³/mol. The Morgan fingerprint density at radius 2 is 1.64 bits per heavy atom. The van der Waals surface area contributed by atoms with Crippen molar-refractivity contribution in [2.75, 3.05) is 6.26 Å². The summed E-state index contributed by atoms with van der Waals surface area (Å²) in [6.07, 6.45) is 2.21. The Labute approximate surface area is 98.8 Å². The maximum absolute atomic E-state index is 3.47. The van der Waals surface area contributed by atoms with Crippen LogP contribution in [0, 0.1) is 0 Å². The molecule has 0 amide bonds. The summed E-state index contributed by atoms with van der Waals surface area (Å²) in [6, 6.07) is 10.8. The van der Waals surface area contributed by atoms with Crippen LogP contribution in [0.15, 0.2) is 30.3 Å². The second-order valence-corrected chi connectivity index (χ2v) is 15.3. The number of benzene rings is 1. The van der Waals surface area contributed by atoms with Gasteiger partial charge in [0.05, 0.1) is 0 Å². The molecule has 1 aromatic carbocycles. The molecule has 3 heteroatoms. The Morgan fingerprint density at radius 3 is 2.00 bits per heavy atom. The van der Waals surface area contributed by atoms with Gasteiger partial charge in [0.2, 0.25) is 0 Å². The molecule has 0 saturated heterocycles. The standard InChI is InChI=1S/C11H17PSSe/c1-11(2,3)12(14,13-4)10-8-6-5-7-9-10/h5-9H,1-4H3. The molecular formula is C11H17PSSe. The fraction of sp³-hybridized carbons (Fsp3) is 0.455. The molecule has 0 radical (unpaired) electrons. The maximum atomic E-state index is 3.47. The summed E-state index contributed by atoms with van der Waals surface area (Å²) in [6.45, 7) is 6.96. The van der Waals surface area contributed by atoms with E-state index in [9.17, 15) is 0 Å². The summed E-state index contributed by atoms with van der Waals surface area (Å²) in [7, 11) is 0. The van der Waals surface area contributed by atoms with E-state index in [0.717, 1.165) is 0 Å². The molecule has 1 unspecified atom stereocenters. The van der Waals surface area contributed by atoms with Crippen LogP contribution in [-0.2, 0) is 0 Å². The van der Waals surface area contributed by atoms with Gasteiger partial charge in [0.25, 0.3) is 0 Å². The van der Waals surface area contributed by atoms with E-state index in [-0.39, 0.29) is 0 Å². The molecule has 0 aliphatic heterocycles. The fourth-order valence-corrected chi connectivity index (χ4v) is 6.90.